The second-order valence-electron chi connectivity index (χ2n) is 6.44. The first-order valence-electron chi connectivity index (χ1n) is 8.89. The van der Waals surface area contributed by atoms with Gasteiger partial charge in [0.15, 0.2) is 11.6 Å². The molecule has 3 rings (SSSR count). The molecule has 1 aromatic heterocycles. The lowest BCUT2D eigenvalue weighted by Gasteiger charge is -2.23. The summed E-state index contributed by atoms with van der Waals surface area (Å²) in [6, 6.07) is 23.6. The number of hydrogen-bond donors (Lipinski definition) is 2. The molecule has 0 radical (unpaired) electrons. The van der Waals surface area contributed by atoms with E-state index in [-0.39, 0.29) is 12.1 Å². The van der Waals surface area contributed by atoms with Gasteiger partial charge in [0.25, 0.3) is 0 Å². The van der Waals surface area contributed by atoms with E-state index in [1.54, 1.807) is 6.07 Å². The molecule has 3 aromatic rings. The summed E-state index contributed by atoms with van der Waals surface area (Å²) >= 11 is 0. The summed E-state index contributed by atoms with van der Waals surface area (Å²) in [5.74, 6) is 1.12. The number of urea groups is 1. The molecule has 1 heterocycles. The summed E-state index contributed by atoms with van der Waals surface area (Å²) in [5, 5.41) is 13.9. The van der Waals surface area contributed by atoms with Crippen molar-refractivity contribution in [2.45, 2.75) is 26.4 Å². The number of nitrogens with one attached hydrogen (secondary N) is 2. The van der Waals surface area contributed by atoms with Crippen LogP contribution in [0.15, 0.2) is 72.8 Å². The monoisotopic (exact) mass is 361 g/mol. The van der Waals surface area contributed by atoms with Crippen LogP contribution < -0.4 is 15.5 Å². The molecular formula is C21H23N5O. The van der Waals surface area contributed by atoms with E-state index in [0.29, 0.717) is 18.2 Å². The standard InChI is InChI=1S/C21H23N5O/c1-16(2)22-21(27)23-19-13-14-20(25-24-19)26(18-11-7-4-8-12-18)15-17-9-5-3-6-10-17/h3-14,16H,15H2,1-2H3,(H2,22,23,24,27). The fourth-order valence-electron chi connectivity index (χ4n) is 2.63. The van der Waals surface area contributed by atoms with E-state index in [9.17, 15) is 4.79 Å². The van der Waals surface area contributed by atoms with Crippen molar-refractivity contribution in [3.8, 4) is 0 Å². The second kappa shape index (κ2) is 8.80. The van der Waals surface area contributed by atoms with Crippen LogP contribution in [0.25, 0.3) is 0 Å². The van der Waals surface area contributed by atoms with Gasteiger partial charge in [-0.2, -0.15) is 0 Å². The summed E-state index contributed by atoms with van der Waals surface area (Å²) in [6.07, 6.45) is 0. The molecule has 2 N–H and O–H groups in total. The van der Waals surface area contributed by atoms with Crippen LogP contribution in [0, 0.1) is 0 Å². The van der Waals surface area contributed by atoms with Gasteiger partial charge < -0.3 is 10.2 Å². The summed E-state index contributed by atoms with van der Waals surface area (Å²) in [4.78, 5) is 13.9. The normalized spacial score (nSPS) is 10.5. The van der Waals surface area contributed by atoms with Crippen molar-refractivity contribution in [3.63, 3.8) is 0 Å². The highest BCUT2D eigenvalue weighted by molar-refractivity contribution is 5.88. The molecule has 2 amide bonds. The van der Waals surface area contributed by atoms with Crippen molar-refractivity contribution in [2.75, 3.05) is 10.2 Å². The van der Waals surface area contributed by atoms with Gasteiger partial charge in [-0.05, 0) is 43.7 Å². The van der Waals surface area contributed by atoms with Gasteiger partial charge in [-0.25, -0.2) is 4.79 Å². The van der Waals surface area contributed by atoms with Gasteiger partial charge in [0.2, 0.25) is 0 Å². The van der Waals surface area contributed by atoms with Crippen LogP contribution in [0.3, 0.4) is 0 Å². The van der Waals surface area contributed by atoms with Crippen molar-refractivity contribution in [2.24, 2.45) is 0 Å². The molecule has 0 saturated carbocycles. The fourth-order valence-corrected chi connectivity index (χ4v) is 2.63. The highest BCUT2D eigenvalue weighted by Gasteiger charge is 2.13. The molecule has 0 aliphatic heterocycles. The van der Waals surface area contributed by atoms with Gasteiger partial charge in [0.1, 0.15) is 0 Å². The lowest BCUT2D eigenvalue weighted by atomic mass is 10.2. The number of rotatable bonds is 6. The van der Waals surface area contributed by atoms with Crippen LogP contribution >= 0.6 is 0 Å². The van der Waals surface area contributed by atoms with Crippen molar-refractivity contribution in [1.29, 1.82) is 0 Å². The Morgan fingerprint density at radius 3 is 2.19 bits per heavy atom. The number of hydrogen-bond acceptors (Lipinski definition) is 4. The molecule has 0 fully saturated rings. The van der Waals surface area contributed by atoms with Crippen molar-refractivity contribution >= 4 is 23.4 Å². The Morgan fingerprint density at radius 2 is 1.59 bits per heavy atom. The Morgan fingerprint density at radius 1 is 0.926 bits per heavy atom. The van der Waals surface area contributed by atoms with Gasteiger partial charge in [0, 0.05) is 18.3 Å². The average Bonchev–Trinajstić information content (AvgIpc) is 2.68. The summed E-state index contributed by atoms with van der Waals surface area (Å²) in [7, 11) is 0. The zero-order valence-corrected chi connectivity index (χ0v) is 15.5. The first-order chi connectivity index (χ1) is 13.1. The zero-order valence-electron chi connectivity index (χ0n) is 15.5. The topological polar surface area (TPSA) is 70.2 Å². The van der Waals surface area contributed by atoms with Crippen molar-refractivity contribution < 1.29 is 4.79 Å². The molecule has 0 saturated heterocycles. The fraction of sp³-hybridized carbons (Fsp3) is 0.190. The molecule has 0 spiro atoms. The molecule has 2 aromatic carbocycles. The first kappa shape index (κ1) is 18.4. The minimum Gasteiger partial charge on any atom is -0.336 e. The molecule has 0 aliphatic rings. The smallest absolute Gasteiger partial charge is 0.320 e. The third-order valence-corrected chi connectivity index (χ3v) is 3.84. The number of anilines is 3. The van der Waals surface area contributed by atoms with E-state index in [4.69, 9.17) is 0 Å². The van der Waals surface area contributed by atoms with Crippen LogP contribution in [-0.4, -0.2) is 22.3 Å². The van der Waals surface area contributed by atoms with Gasteiger partial charge in [-0.3, -0.25) is 5.32 Å². The maximum atomic E-state index is 11.8. The molecule has 6 heteroatoms. The molecule has 0 aliphatic carbocycles. The number of aromatic nitrogens is 2. The van der Waals surface area contributed by atoms with Crippen molar-refractivity contribution in [3.05, 3.63) is 78.4 Å². The Bertz CT molecular complexity index is 851. The quantitative estimate of drug-likeness (QED) is 0.685. The SMILES string of the molecule is CC(C)NC(=O)Nc1ccc(N(Cc2ccccc2)c2ccccc2)nn1. The van der Waals surface area contributed by atoms with Crippen LogP contribution in [-0.2, 0) is 6.54 Å². The molecule has 0 atom stereocenters. The third kappa shape index (κ3) is 5.28. The van der Waals surface area contributed by atoms with E-state index in [2.05, 4.69) is 37.9 Å². The highest BCUT2D eigenvalue weighted by Crippen LogP contribution is 2.25. The minimum absolute atomic E-state index is 0.0525. The summed E-state index contributed by atoms with van der Waals surface area (Å²) < 4.78 is 0. The molecule has 6 nitrogen and oxygen atoms in total. The number of carbonyl (C=O) groups excluding carboxylic acids is 1. The largest absolute Gasteiger partial charge is 0.336 e. The van der Waals surface area contributed by atoms with E-state index in [1.807, 2.05) is 68.4 Å². The zero-order chi connectivity index (χ0) is 19.1. The predicted octanol–water partition coefficient (Wildman–Crippen LogP) is 4.34. The van der Waals surface area contributed by atoms with Crippen LogP contribution in [0.4, 0.5) is 22.1 Å². The third-order valence-electron chi connectivity index (χ3n) is 3.84. The maximum absolute atomic E-state index is 11.8. The van der Waals surface area contributed by atoms with Gasteiger partial charge in [-0.15, -0.1) is 10.2 Å². The molecule has 138 valence electrons. The van der Waals surface area contributed by atoms with Gasteiger partial charge in [0.05, 0.1) is 0 Å². The molecular weight excluding hydrogens is 338 g/mol. The Hall–Kier alpha value is -3.41. The molecule has 27 heavy (non-hydrogen) atoms. The Labute approximate surface area is 159 Å². The molecule has 0 unspecified atom stereocenters. The van der Waals surface area contributed by atoms with E-state index in [0.717, 1.165) is 5.69 Å². The lowest BCUT2D eigenvalue weighted by molar-refractivity contribution is 0.250. The van der Waals surface area contributed by atoms with E-state index >= 15 is 0 Å². The minimum atomic E-state index is -0.295. The first-order valence-corrected chi connectivity index (χ1v) is 8.89. The van der Waals surface area contributed by atoms with Crippen LogP contribution in [0.5, 0.6) is 0 Å². The van der Waals surface area contributed by atoms with Crippen LogP contribution in [0.2, 0.25) is 0 Å². The van der Waals surface area contributed by atoms with Gasteiger partial charge in [-0.1, -0.05) is 48.5 Å². The van der Waals surface area contributed by atoms with E-state index in [1.165, 1.54) is 5.56 Å². The maximum Gasteiger partial charge on any atom is 0.320 e. The van der Waals surface area contributed by atoms with Crippen molar-refractivity contribution in [1.82, 2.24) is 15.5 Å². The Kier molecular flexibility index (Phi) is 5.99. The number of amides is 2. The predicted molar refractivity (Wildman–Crippen MR) is 108 cm³/mol. The number of benzene rings is 2. The number of para-hydroxylation sites is 1. The second-order valence-corrected chi connectivity index (χ2v) is 6.44. The number of nitrogens with zero attached hydrogens (tertiary/aromatic N) is 3. The summed E-state index contributed by atoms with van der Waals surface area (Å²) in [5.41, 5.74) is 2.19. The highest BCUT2D eigenvalue weighted by atomic mass is 16.2. The van der Waals surface area contributed by atoms with E-state index < -0.39 is 0 Å². The summed E-state index contributed by atoms with van der Waals surface area (Å²) in [6.45, 7) is 4.46. The lowest BCUT2D eigenvalue weighted by Crippen LogP contribution is -2.34. The van der Waals surface area contributed by atoms with Gasteiger partial charge >= 0.3 is 6.03 Å². The van der Waals surface area contributed by atoms with Crippen LogP contribution in [0.1, 0.15) is 19.4 Å². The Balaban J connectivity index is 1.81. The molecule has 0 bridgehead atoms. The number of carbonyl (C=O) groups is 1. The average molecular weight is 361 g/mol.